The van der Waals surface area contributed by atoms with Gasteiger partial charge in [0.1, 0.15) is 74.5 Å². The van der Waals surface area contributed by atoms with Crippen molar-refractivity contribution in [2.45, 2.75) is 39.8 Å². The number of esters is 1. The molecule has 19 nitrogen and oxygen atoms in total. The van der Waals surface area contributed by atoms with Crippen LogP contribution in [0.4, 0.5) is 45.2 Å². The highest BCUT2D eigenvalue weighted by molar-refractivity contribution is 7.15. The molecule has 0 saturated heterocycles. The highest BCUT2D eigenvalue weighted by Gasteiger charge is 2.26. The number of nitrogens with one attached hydrogen (secondary N) is 1. The molecule has 0 bridgehead atoms. The van der Waals surface area contributed by atoms with Gasteiger partial charge in [0.15, 0.2) is 0 Å². The van der Waals surface area contributed by atoms with E-state index < -0.39 is 69.4 Å². The number of benzene rings is 6. The first kappa shape index (κ1) is 63.0. The highest BCUT2D eigenvalue weighted by Crippen LogP contribution is 2.35. The summed E-state index contributed by atoms with van der Waals surface area (Å²) in [5.41, 5.74) is -0.707. The Kier molecular flexibility index (Phi) is 19.3. The van der Waals surface area contributed by atoms with Crippen LogP contribution < -0.4 is 35.5 Å². The van der Waals surface area contributed by atoms with Gasteiger partial charge in [-0.25, -0.2) is 59.3 Å². The number of carbonyl (C=O) groups is 2. The average molecular weight is 1300 g/mol. The lowest BCUT2D eigenvalue weighted by Gasteiger charge is -2.31. The Bertz CT molecular complexity index is 4590. The number of ether oxygens (including phenoxy) is 4. The first-order valence-electron chi connectivity index (χ1n) is 26.1. The SMILES string of the molecule is CCOC(=O)c1cnc(Oc2ccc3c(c2)c(=O)ncn3Cc2c(F)cc(F)cc2F)s1.O=C1NCN(Cc2c(F)cc(F)cc2F)c2ccc(Oc3ncc(CO)s3)cc21.O=c1ncn(Cc2c(F)cc(F)cc2F)c2ccc(Oc3ncc(CO)s3)cc12. The van der Waals surface area contributed by atoms with Gasteiger partial charge in [-0.15, -0.1) is 0 Å². The average Bonchev–Trinajstić information content (AvgIpc) is 1.06. The Morgan fingerprint density at radius 3 is 1.38 bits per heavy atom. The summed E-state index contributed by atoms with van der Waals surface area (Å²) in [5.74, 6) is -9.16. The fourth-order valence-corrected chi connectivity index (χ4v) is 10.7. The van der Waals surface area contributed by atoms with E-state index in [9.17, 15) is 58.7 Å². The minimum Gasteiger partial charge on any atom is -0.462 e. The predicted octanol–water partition coefficient (Wildman–Crippen LogP) is 11.4. The molecule has 5 aromatic heterocycles. The number of nitrogens with zero attached hydrogens (tertiary/aromatic N) is 8. The first-order valence-corrected chi connectivity index (χ1v) is 28.5. The lowest BCUT2D eigenvalue weighted by Crippen LogP contribution is -2.43. The van der Waals surface area contributed by atoms with Crippen molar-refractivity contribution in [3.05, 3.63) is 232 Å². The van der Waals surface area contributed by atoms with Crippen LogP contribution in [0.1, 0.15) is 53.4 Å². The summed E-state index contributed by atoms with van der Waals surface area (Å²) in [6, 6.07) is 17.3. The maximum Gasteiger partial charge on any atom is 0.350 e. The van der Waals surface area contributed by atoms with E-state index in [0.29, 0.717) is 79.6 Å². The van der Waals surface area contributed by atoms with Crippen LogP contribution in [-0.4, -0.2) is 69.4 Å². The normalized spacial score (nSPS) is 11.8. The van der Waals surface area contributed by atoms with Crippen molar-refractivity contribution in [1.82, 2.24) is 39.4 Å². The number of rotatable bonds is 16. The molecule has 11 aromatic rings. The number of carbonyl (C=O) groups excluding carboxylic acids is 2. The molecule has 1 aliphatic rings. The second-order valence-corrected chi connectivity index (χ2v) is 22.0. The Morgan fingerprint density at radius 1 is 0.533 bits per heavy atom. The number of aliphatic hydroxyl groups is 2. The van der Waals surface area contributed by atoms with Crippen molar-refractivity contribution in [3.63, 3.8) is 0 Å². The fraction of sp³-hybridized carbons (Fsp3) is 0.136. The van der Waals surface area contributed by atoms with Gasteiger partial charge in [0.2, 0.25) is 0 Å². The summed E-state index contributed by atoms with van der Waals surface area (Å²) in [4.78, 5) is 71.1. The number of aliphatic hydroxyl groups excluding tert-OH is 2. The largest absolute Gasteiger partial charge is 0.462 e. The number of hydrogen-bond acceptors (Lipinski definition) is 19. The topological polar surface area (TPSA) is 235 Å². The molecule has 3 N–H and O–H groups in total. The van der Waals surface area contributed by atoms with Gasteiger partial charge in [-0.3, -0.25) is 14.4 Å². The molecule has 6 heterocycles. The lowest BCUT2D eigenvalue weighted by molar-refractivity contribution is 0.0531. The minimum absolute atomic E-state index is 0.0363. The molecule has 0 spiro atoms. The maximum atomic E-state index is 14.1. The summed E-state index contributed by atoms with van der Waals surface area (Å²) in [5, 5.41) is 21.9. The van der Waals surface area contributed by atoms with E-state index in [1.165, 1.54) is 64.4 Å². The molecule has 1 amide bonds. The standard InChI is InChI=1S/C21H14F3N3O4S.C19H14F3N3O3S.C19H12F3N3O3S/c1-2-30-20(29)18-8-25-21(32-18)31-12-3-4-17-13(7-12)19(28)26-10-27(17)9-14-15(23)5-11(22)6-16(14)24;2*20-10-3-15(21)14(16(22)4-10)7-25-9-24-18(27)13-5-11(1-2-17(13)25)28-19-23-6-12(8-26)29-19/h3-8,10H,2,9H2,1H3;1-6,26H,7-9H2,(H,24,27);1-6,9,26H,7-8H2. The molecule has 0 atom stereocenters. The van der Waals surface area contributed by atoms with Gasteiger partial charge < -0.3 is 48.5 Å². The molecule has 12 rings (SSSR count). The number of amides is 1. The number of halogens is 9. The lowest BCUT2D eigenvalue weighted by atomic mass is 10.1. The zero-order valence-corrected chi connectivity index (χ0v) is 48.3. The Labute approximate surface area is 511 Å². The third kappa shape index (κ3) is 14.6. The molecule has 6 aromatic carbocycles. The van der Waals surface area contributed by atoms with Crippen LogP contribution in [0.2, 0.25) is 0 Å². The minimum atomic E-state index is -1.05. The summed E-state index contributed by atoms with van der Waals surface area (Å²) < 4.78 is 148. The van der Waals surface area contributed by atoms with E-state index in [-0.39, 0.29) is 106 Å². The fourth-order valence-electron chi connectivity index (χ4n) is 8.71. The van der Waals surface area contributed by atoms with Crippen LogP contribution in [0.5, 0.6) is 32.8 Å². The second kappa shape index (κ2) is 27.5. The van der Waals surface area contributed by atoms with E-state index in [4.69, 9.17) is 29.2 Å². The predicted molar refractivity (Wildman–Crippen MR) is 308 cm³/mol. The molecular formula is C59H40F9N9O10S3. The molecule has 0 saturated carbocycles. The summed E-state index contributed by atoms with van der Waals surface area (Å²) >= 11 is 3.29. The quantitative estimate of drug-likeness (QED) is 0.0602. The molecule has 1 aliphatic heterocycles. The Hall–Kier alpha value is -10.1. The third-order valence-corrected chi connectivity index (χ3v) is 15.5. The molecular weight excluding hydrogens is 1260 g/mol. The van der Waals surface area contributed by atoms with Crippen LogP contribution in [0.25, 0.3) is 21.8 Å². The van der Waals surface area contributed by atoms with Crippen LogP contribution in [0, 0.1) is 52.4 Å². The van der Waals surface area contributed by atoms with Crippen molar-refractivity contribution in [2.75, 3.05) is 18.2 Å². The molecule has 0 fully saturated rings. The first-order chi connectivity index (χ1) is 43.2. The van der Waals surface area contributed by atoms with E-state index in [1.807, 2.05) is 0 Å². The molecule has 90 heavy (non-hydrogen) atoms. The van der Waals surface area contributed by atoms with Gasteiger partial charge >= 0.3 is 5.97 Å². The molecule has 462 valence electrons. The molecule has 0 aliphatic carbocycles. The Balaban J connectivity index is 0.000000149. The maximum absolute atomic E-state index is 14.1. The molecule has 31 heteroatoms. The van der Waals surface area contributed by atoms with E-state index in [0.717, 1.165) is 40.3 Å². The van der Waals surface area contributed by atoms with Crippen molar-refractivity contribution in [2.24, 2.45) is 0 Å². The summed E-state index contributed by atoms with van der Waals surface area (Å²) in [6.45, 7) is 0.842. The van der Waals surface area contributed by atoms with E-state index in [1.54, 1.807) is 36.1 Å². The summed E-state index contributed by atoms with van der Waals surface area (Å²) in [7, 11) is 0. The number of aromatic nitrogens is 7. The van der Waals surface area contributed by atoms with Gasteiger partial charge in [0, 0.05) is 65.5 Å². The summed E-state index contributed by atoms with van der Waals surface area (Å²) in [6.07, 6.45) is 6.60. The van der Waals surface area contributed by atoms with Gasteiger partial charge in [0.25, 0.3) is 32.6 Å². The number of hydrogen-bond donors (Lipinski definition) is 3. The molecule has 0 unspecified atom stereocenters. The second-order valence-electron chi connectivity index (χ2n) is 18.8. The highest BCUT2D eigenvalue weighted by atomic mass is 32.1. The van der Waals surface area contributed by atoms with Crippen molar-refractivity contribution >= 4 is 73.4 Å². The monoisotopic (exact) mass is 1300 g/mol. The van der Waals surface area contributed by atoms with E-state index in [2.05, 4.69) is 30.2 Å². The smallest absolute Gasteiger partial charge is 0.350 e. The number of anilines is 1. The van der Waals surface area contributed by atoms with Crippen LogP contribution in [-0.2, 0) is 37.6 Å². The van der Waals surface area contributed by atoms with Gasteiger partial charge in [-0.05, 0) is 61.5 Å². The van der Waals surface area contributed by atoms with Gasteiger partial charge in [-0.2, -0.15) is 9.97 Å². The zero-order valence-electron chi connectivity index (χ0n) is 45.9. The van der Waals surface area contributed by atoms with Crippen LogP contribution >= 0.6 is 34.0 Å². The van der Waals surface area contributed by atoms with Gasteiger partial charge in [-0.1, -0.05) is 34.0 Å². The number of fused-ring (bicyclic) bond motifs is 3. The number of thiazole rings is 3. The zero-order chi connectivity index (χ0) is 63.9. The third-order valence-electron chi connectivity index (χ3n) is 12.9. The van der Waals surface area contributed by atoms with Crippen molar-refractivity contribution in [3.8, 4) is 32.8 Å². The van der Waals surface area contributed by atoms with E-state index >= 15 is 0 Å². The Morgan fingerprint density at radius 2 is 0.944 bits per heavy atom. The molecule has 0 radical (unpaired) electrons. The van der Waals surface area contributed by atoms with Crippen molar-refractivity contribution in [1.29, 1.82) is 0 Å². The van der Waals surface area contributed by atoms with Crippen LogP contribution in [0.15, 0.2) is 132 Å². The van der Waals surface area contributed by atoms with Crippen molar-refractivity contribution < 1.29 is 78.3 Å². The van der Waals surface area contributed by atoms with Crippen LogP contribution in [0.3, 0.4) is 0 Å². The van der Waals surface area contributed by atoms with Gasteiger partial charge in [0.05, 0.1) is 108 Å².